The van der Waals surface area contributed by atoms with Crippen LogP contribution < -0.4 is 0 Å². The van der Waals surface area contributed by atoms with Crippen LogP contribution >= 0.6 is 0 Å². The largest absolute Gasteiger partial charge is 0.478 e. The van der Waals surface area contributed by atoms with Gasteiger partial charge in [0.2, 0.25) is 42.7 Å². The predicted octanol–water partition coefficient (Wildman–Crippen LogP) is 9.80. The summed E-state index contributed by atoms with van der Waals surface area (Å²) in [5, 5.41) is 21.0. The van der Waals surface area contributed by atoms with Gasteiger partial charge in [-0.15, -0.1) is 0 Å². The minimum atomic E-state index is -2.00. The highest BCUT2D eigenvalue weighted by molar-refractivity contribution is 5.90. The normalized spacial score (nSPS) is 13.8. The van der Waals surface area contributed by atoms with Crippen LogP contribution in [0.2, 0.25) is 0 Å². The molecule has 0 bridgehead atoms. The van der Waals surface area contributed by atoms with Gasteiger partial charge in [0.1, 0.15) is 0 Å². The number of carbonyl (C=O) groups excluding carboxylic acids is 7. The smallest absolute Gasteiger partial charge is 0.353 e. The first-order chi connectivity index (χ1) is 39.4. The standard InChI is InChI=1S/C64H50O17/c65-49(41-25-9-1-10-26-41)58(68)76-51(43-29-13-3-14-30-43)60(70)78-53(45-33-17-5-18-34-45)62(72)80-55(47-37-21-7-22-38-47)64(74)81-56(48-39-23-8-24-40-48)63(73)79-54(46-35-19-6-20-36-46)61(71)77-52(44-31-15-4-16-32-44)59(69)75-50(57(66)67)42-27-11-2-12-28-42/h1-40,49-56,65H,(H,66,67)/t49-,50-,51-,52-,53-,54-,55-,56-/m1/s1. The third-order valence-corrected chi connectivity index (χ3v) is 12.2. The van der Waals surface area contributed by atoms with Crippen LogP contribution in [0.4, 0.5) is 0 Å². The van der Waals surface area contributed by atoms with Crippen LogP contribution in [-0.2, 0) is 71.5 Å². The molecule has 0 aromatic heterocycles. The molecule has 2 N–H and O–H groups in total. The molecule has 8 rings (SSSR count). The highest BCUT2D eigenvalue weighted by Crippen LogP contribution is 2.34. The molecular formula is C64H50O17. The second kappa shape index (κ2) is 27.7. The fourth-order valence-electron chi connectivity index (χ4n) is 8.19. The van der Waals surface area contributed by atoms with Crippen molar-refractivity contribution < 1.29 is 81.7 Å². The fraction of sp³-hybridized carbons (Fsp3) is 0.125. The molecule has 8 aromatic rings. The van der Waals surface area contributed by atoms with Gasteiger partial charge in [-0.25, -0.2) is 38.4 Å². The van der Waals surface area contributed by atoms with Crippen molar-refractivity contribution in [2.45, 2.75) is 48.8 Å². The second-order valence-electron chi connectivity index (χ2n) is 17.7. The average molecular weight is 1090 g/mol. The first kappa shape index (κ1) is 56.7. The van der Waals surface area contributed by atoms with Gasteiger partial charge in [0, 0.05) is 38.9 Å². The molecule has 8 aromatic carbocycles. The Labute approximate surface area is 463 Å². The van der Waals surface area contributed by atoms with Crippen molar-refractivity contribution in [1.82, 2.24) is 0 Å². The van der Waals surface area contributed by atoms with Crippen molar-refractivity contribution in [3.05, 3.63) is 287 Å². The van der Waals surface area contributed by atoms with E-state index in [0.717, 1.165) is 0 Å². The fourth-order valence-corrected chi connectivity index (χ4v) is 8.19. The molecule has 0 aliphatic rings. The number of hydrogen-bond acceptors (Lipinski definition) is 16. The van der Waals surface area contributed by atoms with Crippen molar-refractivity contribution in [1.29, 1.82) is 0 Å². The maximum Gasteiger partial charge on any atom is 0.353 e. The number of carbonyl (C=O) groups is 8. The molecule has 0 aliphatic heterocycles. The van der Waals surface area contributed by atoms with Crippen LogP contribution in [0.15, 0.2) is 243 Å². The third kappa shape index (κ3) is 14.9. The quantitative estimate of drug-likeness (QED) is 0.0447. The number of carboxylic acid groups (broad SMARTS) is 1. The lowest BCUT2D eigenvalue weighted by molar-refractivity contribution is -0.193. The molecule has 0 heterocycles. The number of aliphatic hydroxyl groups is 1. The van der Waals surface area contributed by atoms with Crippen molar-refractivity contribution in [3.8, 4) is 0 Å². The molecule has 17 heteroatoms. The van der Waals surface area contributed by atoms with E-state index < -0.39 is 96.6 Å². The molecule has 0 fully saturated rings. The van der Waals surface area contributed by atoms with Crippen LogP contribution in [0.25, 0.3) is 0 Å². The van der Waals surface area contributed by atoms with Crippen molar-refractivity contribution in [2.75, 3.05) is 0 Å². The molecule has 8 atom stereocenters. The number of carboxylic acids is 1. The summed E-state index contributed by atoms with van der Waals surface area (Å²) in [5.41, 5.74) is 0.642. The van der Waals surface area contributed by atoms with E-state index in [4.69, 9.17) is 33.2 Å². The Morgan fingerprint density at radius 1 is 0.222 bits per heavy atom. The minimum Gasteiger partial charge on any atom is -0.478 e. The predicted molar refractivity (Wildman–Crippen MR) is 286 cm³/mol. The molecule has 0 amide bonds. The molecule has 0 aliphatic carbocycles. The average Bonchev–Trinajstić information content (AvgIpc) is 3.52. The Morgan fingerprint density at radius 2 is 0.370 bits per heavy atom. The highest BCUT2D eigenvalue weighted by Gasteiger charge is 2.42. The van der Waals surface area contributed by atoms with Gasteiger partial charge in [0.05, 0.1) is 0 Å². The van der Waals surface area contributed by atoms with E-state index in [1.54, 1.807) is 109 Å². The third-order valence-electron chi connectivity index (χ3n) is 12.2. The number of hydrogen-bond donors (Lipinski definition) is 2. The lowest BCUT2D eigenvalue weighted by Gasteiger charge is -2.26. The molecular weight excluding hydrogens is 1040 g/mol. The zero-order valence-corrected chi connectivity index (χ0v) is 42.7. The van der Waals surface area contributed by atoms with E-state index in [9.17, 15) is 48.6 Å². The number of aliphatic carboxylic acids is 1. The van der Waals surface area contributed by atoms with Gasteiger partial charge in [-0.3, -0.25) is 0 Å². The lowest BCUT2D eigenvalue weighted by atomic mass is 10.1. The highest BCUT2D eigenvalue weighted by atomic mass is 16.7. The van der Waals surface area contributed by atoms with Gasteiger partial charge < -0.3 is 43.4 Å². The van der Waals surface area contributed by atoms with Gasteiger partial charge in [-0.2, -0.15) is 0 Å². The van der Waals surface area contributed by atoms with Crippen LogP contribution in [0.3, 0.4) is 0 Å². The summed E-state index contributed by atoms with van der Waals surface area (Å²) in [4.78, 5) is 113. The monoisotopic (exact) mass is 1090 g/mol. The van der Waals surface area contributed by atoms with Crippen LogP contribution in [0.5, 0.6) is 0 Å². The van der Waals surface area contributed by atoms with E-state index in [-0.39, 0.29) is 44.5 Å². The first-order valence-corrected chi connectivity index (χ1v) is 25.1. The summed E-state index contributed by atoms with van der Waals surface area (Å²) < 4.78 is 40.4. The summed E-state index contributed by atoms with van der Waals surface area (Å²) in [6, 6.07) is 60.9. The minimum absolute atomic E-state index is 0.0236. The zero-order chi connectivity index (χ0) is 57.1. The topological polar surface area (TPSA) is 242 Å². The molecule has 0 unspecified atom stereocenters. The van der Waals surface area contributed by atoms with Crippen molar-refractivity contribution >= 4 is 47.8 Å². The Bertz CT molecular complexity index is 3390. The van der Waals surface area contributed by atoms with E-state index in [2.05, 4.69) is 0 Å². The summed E-state index contributed by atoms with van der Waals surface area (Å²) in [5.74, 6) is -10.6. The van der Waals surface area contributed by atoms with Gasteiger partial charge in [-0.05, 0) is 5.56 Å². The van der Waals surface area contributed by atoms with E-state index >= 15 is 0 Å². The maximum atomic E-state index is 14.8. The molecule has 0 saturated heterocycles. The Kier molecular flexibility index (Phi) is 19.4. The molecule has 0 radical (unpaired) electrons. The number of ether oxygens (including phenoxy) is 7. The molecule has 0 saturated carbocycles. The van der Waals surface area contributed by atoms with Crippen molar-refractivity contribution in [3.63, 3.8) is 0 Å². The van der Waals surface area contributed by atoms with Crippen molar-refractivity contribution in [2.24, 2.45) is 0 Å². The van der Waals surface area contributed by atoms with Crippen LogP contribution in [0.1, 0.15) is 93.3 Å². The SMILES string of the molecule is O=C(O[C@@H](C(=O)O[C@@H](C(=O)O[C@@H](C(=O)O[C@@H](C(=O)O[C@@H](C(=O)O[C@@H](C(=O)O[C@@H](C(=O)O)c1ccccc1)c1ccccc1)c1ccccc1)c1ccccc1)c1ccccc1)c1ccccc1)c1ccccc1)[C@H](O)c1ccccc1. The Hall–Kier alpha value is -10.5. The Morgan fingerprint density at radius 3 is 0.556 bits per heavy atom. The molecule has 81 heavy (non-hydrogen) atoms. The van der Waals surface area contributed by atoms with E-state index in [1.165, 1.54) is 133 Å². The van der Waals surface area contributed by atoms with E-state index in [1.807, 2.05) is 0 Å². The van der Waals surface area contributed by atoms with Gasteiger partial charge in [0.25, 0.3) is 0 Å². The maximum absolute atomic E-state index is 14.8. The van der Waals surface area contributed by atoms with Gasteiger partial charge in [0.15, 0.2) is 6.10 Å². The molecule has 17 nitrogen and oxygen atoms in total. The summed E-state index contributed by atoms with van der Waals surface area (Å²) in [6.45, 7) is 0. The van der Waals surface area contributed by atoms with Crippen LogP contribution in [0, 0.1) is 0 Å². The molecule has 408 valence electrons. The van der Waals surface area contributed by atoms with Gasteiger partial charge in [-0.1, -0.05) is 243 Å². The Balaban J connectivity index is 1.07. The molecule has 0 spiro atoms. The van der Waals surface area contributed by atoms with E-state index in [0.29, 0.717) is 0 Å². The van der Waals surface area contributed by atoms with Crippen LogP contribution in [-0.4, -0.2) is 58.0 Å². The number of rotatable bonds is 23. The summed E-state index contributed by atoms with van der Waals surface area (Å²) >= 11 is 0. The summed E-state index contributed by atoms with van der Waals surface area (Å²) in [7, 11) is 0. The number of benzene rings is 8. The first-order valence-electron chi connectivity index (χ1n) is 25.1. The summed E-state index contributed by atoms with van der Waals surface area (Å²) in [6.07, 6.45) is -15.3. The second-order valence-corrected chi connectivity index (χ2v) is 17.7. The lowest BCUT2D eigenvalue weighted by Crippen LogP contribution is -2.33. The number of esters is 7. The van der Waals surface area contributed by atoms with Gasteiger partial charge >= 0.3 is 47.8 Å². The zero-order valence-electron chi connectivity index (χ0n) is 42.7. The number of aliphatic hydroxyl groups excluding tert-OH is 1.